The molecule has 2 aliphatic carbocycles. The molecule has 2 saturated heterocycles. The predicted octanol–water partition coefficient (Wildman–Crippen LogP) is 4.11. The van der Waals surface area contributed by atoms with Crippen molar-refractivity contribution in [2.45, 2.75) is 94.8 Å². The second-order valence-electron chi connectivity index (χ2n) is 11.7. The second-order valence-corrected chi connectivity index (χ2v) is 11.7. The Bertz CT molecular complexity index is 1380. The Labute approximate surface area is 210 Å². The molecule has 6 atom stereocenters. The fraction of sp³-hybridized carbons (Fsp3) is 0.607. The normalized spacial score (nSPS) is 32.6. The molecule has 2 saturated carbocycles. The Morgan fingerprint density at radius 1 is 0.833 bits per heavy atom. The van der Waals surface area contributed by atoms with Crippen molar-refractivity contribution in [2.75, 3.05) is 0 Å². The molecule has 8 heteroatoms. The van der Waals surface area contributed by atoms with Crippen LogP contribution in [0.25, 0.3) is 16.9 Å². The molecule has 2 unspecified atom stereocenters. The minimum absolute atomic E-state index is 0.0369. The first-order chi connectivity index (χ1) is 17.6. The van der Waals surface area contributed by atoms with Crippen LogP contribution in [0.4, 0.5) is 0 Å². The molecule has 1 aromatic carbocycles. The van der Waals surface area contributed by atoms with Gasteiger partial charge in [0.05, 0.1) is 17.2 Å². The third-order valence-corrected chi connectivity index (χ3v) is 9.64. The van der Waals surface area contributed by atoms with E-state index < -0.39 is 5.69 Å². The summed E-state index contributed by atoms with van der Waals surface area (Å²) in [6.45, 7) is 0. The number of aromatic nitrogens is 4. The Balaban J connectivity index is 1.28. The van der Waals surface area contributed by atoms with Gasteiger partial charge in [0.2, 0.25) is 11.7 Å². The van der Waals surface area contributed by atoms with Crippen LogP contribution in [-0.2, 0) is 0 Å². The number of aromatic hydroxyl groups is 1. The number of para-hydroxylation sites is 2. The van der Waals surface area contributed by atoms with E-state index in [0.29, 0.717) is 23.6 Å². The maximum absolute atomic E-state index is 13.9. The van der Waals surface area contributed by atoms with Crippen LogP contribution >= 0.6 is 0 Å². The fourth-order valence-corrected chi connectivity index (χ4v) is 8.35. The van der Waals surface area contributed by atoms with Crippen LogP contribution in [0.1, 0.15) is 76.7 Å². The molecule has 3 aromatic rings. The van der Waals surface area contributed by atoms with E-state index >= 15 is 0 Å². The molecule has 2 aliphatic heterocycles. The number of nitrogens with one attached hydrogen (secondary N) is 1. The van der Waals surface area contributed by atoms with Crippen molar-refractivity contribution < 1.29 is 5.11 Å². The van der Waals surface area contributed by atoms with Gasteiger partial charge in [-0.05, 0) is 68.9 Å². The molecule has 4 heterocycles. The lowest BCUT2D eigenvalue weighted by Crippen LogP contribution is -2.58. The number of nitrogens with zero attached hydrogens (tertiary/aromatic N) is 4. The smallest absolute Gasteiger partial charge is 0.334 e. The van der Waals surface area contributed by atoms with Crippen LogP contribution in [0.2, 0.25) is 0 Å². The molecule has 36 heavy (non-hydrogen) atoms. The summed E-state index contributed by atoms with van der Waals surface area (Å²) < 4.78 is 2.87. The van der Waals surface area contributed by atoms with Gasteiger partial charge in [-0.2, -0.15) is 0 Å². The highest BCUT2D eigenvalue weighted by molar-refractivity contribution is 5.75. The first-order valence-corrected chi connectivity index (χ1v) is 13.9. The van der Waals surface area contributed by atoms with E-state index in [1.54, 1.807) is 0 Å². The maximum Gasteiger partial charge on any atom is 0.334 e. The monoisotopic (exact) mass is 489 g/mol. The van der Waals surface area contributed by atoms with Crippen molar-refractivity contribution in [1.82, 2.24) is 24.0 Å². The summed E-state index contributed by atoms with van der Waals surface area (Å²) in [5.41, 5.74) is 0.591. The van der Waals surface area contributed by atoms with Gasteiger partial charge in [-0.15, -0.1) is 0 Å². The van der Waals surface area contributed by atoms with Crippen molar-refractivity contribution in [3.63, 3.8) is 0 Å². The van der Waals surface area contributed by atoms with Crippen LogP contribution in [0.15, 0.2) is 40.1 Å². The minimum atomic E-state index is -0.562. The number of aromatic amines is 1. The van der Waals surface area contributed by atoms with E-state index in [4.69, 9.17) is 0 Å². The highest BCUT2D eigenvalue weighted by Gasteiger charge is 2.45. The van der Waals surface area contributed by atoms with Crippen molar-refractivity contribution in [3.05, 3.63) is 51.3 Å². The zero-order chi connectivity index (χ0) is 24.4. The molecule has 190 valence electrons. The van der Waals surface area contributed by atoms with E-state index in [0.717, 1.165) is 34.8 Å². The van der Waals surface area contributed by atoms with Gasteiger partial charge in [0.15, 0.2) is 0 Å². The SMILES string of the molecule is O=c1[nH]cc(O)n1-c1nc2ccccc2n(C2C[C@H]3CCC[C@@H](C2)N3C2C[C@H]3CCC[C@@H](C2)C3)c1=O. The molecular formula is C28H35N5O3. The van der Waals surface area contributed by atoms with Crippen LogP contribution in [0.3, 0.4) is 0 Å². The standard InChI is InChI=1S/C28H35N5O3/c34-25-16-29-28(36)33(25)26-27(35)32(24-10-2-1-9-23(24)30-26)22-14-19-7-4-8-20(15-22)31(19)21-12-17-5-3-6-18(11-17)13-21/h1-2,9-10,16-22,34H,3-8,11-15H2,(H,29,36)/t17-,18+,19-,20+,21?,22?. The Hall–Kier alpha value is -2.87. The molecule has 4 aliphatic rings. The van der Waals surface area contributed by atoms with Gasteiger partial charge >= 0.3 is 5.69 Å². The quantitative estimate of drug-likeness (QED) is 0.577. The van der Waals surface area contributed by atoms with Gasteiger partial charge in [0.25, 0.3) is 5.56 Å². The fourth-order valence-electron chi connectivity index (χ4n) is 8.35. The lowest BCUT2D eigenvalue weighted by molar-refractivity contribution is -0.0485. The molecule has 4 bridgehead atoms. The summed E-state index contributed by atoms with van der Waals surface area (Å²) >= 11 is 0. The molecule has 0 radical (unpaired) electrons. The number of hydrogen-bond acceptors (Lipinski definition) is 5. The highest BCUT2D eigenvalue weighted by atomic mass is 16.3. The van der Waals surface area contributed by atoms with Crippen LogP contribution < -0.4 is 11.2 Å². The summed E-state index contributed by atoms with van der Waals surface area (Å²) in [5, 5.41) is 10.3. The lowest BCUT2D eigenvalue weighted by atomic mass is 9.68. The summed E-state index contributed by atoms with van der Waals surface area (Å²) in [5.74, 6) is 1.47. The summed E-state index contributed by atoms with van der Waals surface area (Å²) in [7, 11) is 0. The van der Waals surface area contributed by atoms with Gasteiger partial charge in [0.1, 0.15) is 0 Å². The lowest BCUT2D eigenvalue weighted by Gasteiger charge is -2.55. The average molecular weight is 490 g/mol. The van der Waals surface area contributed by atoms with Crippen molar-refractivity contribution >= 4 is 11.0 Å². The van der Waals surface area contributed by atoms with Crippen molar-refractivity contribution in [3.8, 4) is 11.7 Å². The first-order valence-electron chi connectivity index (χ1n) is 13.9. The number of imidazole rings is 1. The first kappa shape index (κ1) is 22.3. The third kappa shape index (κ3) is 3.56. The zero-order valence-electron chi connectivity index (χ0n) is 20.7. The van der Waals surface area contributed by atoms with Gasteiger partial charge in [-0.3, -0.25) is 9.69 Å². The van der Waals surface area contributed by atoms with Crippen LogP contribution in [0, 0.1) is 11.8 Å². The summed E-state index contributed by atoms with van der Waals surface area (Å²) in [6, 6.07) is 9.41. The Morgan fingerprint density at radius 2 is 1.53 bits per heavy atom. The largest absolute Gasteiger partial charge is 0.493 e. The second kappa shape index (κ2) is 8.61. The molecule has 0 spiro atoms. The van der Waals surface area contributed by atoms with Gasteiger partial charge in [-0.25, -0.2) is 14.3 Å². The van der Waals surface area contributed by atoms with E-state index in [1.807, 2.05) is 28.8 Å². The van der Waals surface area contributed by atoms with E-state index in [9.17, 15) is 14.7 Å². The summed E-state index contributed by atoms with van der Waals surface area (Å²) in [4.78, 5) is 36.2. The van der Waals surface area contributed by atoms with Crippen molar-refractivity contribution in [2.24, 2.45) is 11.8 Å². The number of fused-ring (bicyclic) bond motifs is 5. The van der Waals surface area contributed by atoms with E-state index in [1.165, 1.54) is 64.0 Å². The zero-order valence-corrected chi connectivity index (χ0v) is 20.7. The number of piperidine rings is 2. The number of rotatable bonds is 3. The van der Waals surface area contributed by atoms with Gasteiger partial charge < -0.3 is 14.7 Å². The molecule has 8 nitrogen and oxygen atoms in total. The molecule has 2 N–H and O–H groups in total. The average Bonchev–Trinajstić information content (AvgIpc) is 3.20. The molecule has 2 aromatic heterocycles. The number of hydrogen-bond donors (Lipinski definition) is 2. The highest BCUT2D eigenvalue weighted by Crippen LogP contribution is 2.47. The predicted molar refractivity (Wildman–Crippen MR) is 138 cm³/mol. The van der Waals surface area contributed by atoms with Gasteiger partial charge in [0, 0.05) is 24.2 Å². The maximum atomic E-state index is 13.9. The Kier molecular flexibility index (Phi) is 5.34. The topological polar surface area (TPSA) is 96.2 Å². The molecule has 0 amide bonds. The number of H-pyrrole nitrogens is 1. The summed E-state index contributed by atoms with van der Waals surface area (Å²) in [6.07, 6.45) is 15.1. The molecule has 4 fully saturated rings. The Morgan fingerprint density at radius 3 is 2.22 bits per heavy atom. The van der Waals surface area contributed by atoms with E-state index in [-0.39, 0.29) is 23.3 Å². The molecular weight excluding hydrogens is 454 g/mol. The third-order valence-electron chi connectivity index (χ3n) is 9.64. The molecule has 7 rings (SSSR count). The van der Waals surface area contributed by atoms with Crippen LogP contribution in [0.5, 0.6) is 5.88 Å². The van der Waals surface area contributed by atoms with Gasteiger partial charge in [-0.1, -0.05) is 37.8 Å². The number of benzene rings is 1. The van der Waals surface area contributed by atoms with Crippen molar-refractivity contribution in [1.29, 1.82) is 0 Å². The van der Waals surface area contributed by atoms with Crippen LogP contribution in [-0.4, -0.2) is 47.2 Å². The van der Waals surface area contributed by atoms with E-state index in [2.05, 4.69) is 14.9 Å². The minimum Gasteiger partial charge on any atom is -0.493 e.